The minimum absolute atomic E-state index is 0.0238. The zero-order valence-electron chi connectivity index (χ0n) is 30.5. The number of aromatic nitrogens is 1. The van der Waals surface area contributed by atoms with E-state index in [1.165, 1.54) is 19.3 Å². The molecule has 280 valence electrons. The first-order chi connectivity index (χ1) is 23.9. The largest absolute Gasteiger partial charge is 0.481 e. The van der Waals surface area contributed by atoms with Gasteiger partial charge in [-0.1, -0.05) is 85.1 Å². The fourth-order valence-corrected chi connectivity index (χ4v) is 6.81. The third kappa shape index (κ3) is 14.7. The lowest BCUT2D eigenvalue weighted by molar-refractivity contribution is -0.137. The monoisotopic (exact) mass is 699 g/mol. The van der Waals surface area contributed by atoms with Gasteiger partial charge in [-0.25, -0.2) is 0 Å². The summed E-state index contributed by atoms with van der Waals surface area (Å²) in [6.45, 7) is 7.70. The Morgan fingerprint density at radius 1 is 0.840 bits per heavy atom. The van der Waals surface area contributed by atoms with E-state index in [1.54, 1.807) is 6.20 Å². The number of amides is 4. The molecule has 50 heavy (non-hydrogen) atoms. The molecule has 0 aromatic carbocycles. The summed E-state index contributed by atoms with van der Waals surface area (Å²) in [6.07, 6.45) is 10.4. The predicted octanol–water partition coefficient (Wildman–Crippen LogP) is 4.56. The van der Waals surface area contributed by atoms with E-state index in [2.05, 4.69) is 26.3 Å². The molecular formula is C38H61N5O7. The van der Waals surface area contributed by atoms with E-state index < -0.39 is 47.9 Å². The van der Waals surface area contributed by atoms with Gasteiger partial charge in [0, 0.05) is 19.0 Å². The van der Waals surface area contributed by atoms with Crippen molar-refractivity contribution in [3.05, 3.63) is 30.1 Å². The number of rotatable bonds is 22. The molecular weight excluding hydrogens is 638 g/mol. The number of carboxylic acids is 1. The van der Waals surface area contributed by atoms with Crippen molar-refractivity contribution in [1.29, 1.82) is 0 Å². The van der Waals surface area contributed by atoms with Gasteiger partial charge in [0.1, 0.15) is 12.1 Å². The van der Waals surface area contributed by atoms with E-state index in [4.69, 9.17) is 5.11 Å². The molecule has 2 aliphatic carbocycles. The second kappa shape index (κ2) is 21.0. The Bertz CT molecular complexity index is 1240. The van der Waals surface area contributed by atoms with Crippen LogP contribution in [0.25, 0.3) is 0 Å². The number of aliphatic hydroxyl groups excluding tert-OH is 1. The molecule has 0 spiro atoms. The third-order valence-corrected chi connectivity index (χ3v) is 10.1. The average Bonchev–Trinajstić information content (AvgIpc) is 3.90. The van der Waals surface area contributed by atoms with Crippen molar-refractivity contribution < 1.29 is 34.2 Å². The Balaban J connectivity index is 1.67. The number of carbonyl (C=O) groups is 5. The minimum Gasteiger partial charge on any atom is -0.481 e. The number of carbonyl (C=O) groups excluding carboxylic acids is 4. The van der Waals surface area contributed by atoms with E-state index in [9.17, 15) is 29.1 Å². The normalized spacial score (nSPS) is 18.6. The zero-order chi connectivity index (χ0) is 36.6. The van der Waals surface area contributed by atoms with Crippen LogP contribution in [0.3, 0.4) is 0 Å². The molecule has 2 saturated carbocycles. The first-order valence-corrected chi connectivity index (χ1v) is 18.9. The van der Waals surface area contributed by atoms with Gasteiger partial charge in [0.25, 0.3) is 0 Å². The van der Waals surface area contributed by atoms with Crippen LogP contribution in [0.2, 0.25) is 0 Å². The summed E-state index contributed by atoms with van der Waals surface area (Å²) in [5, 5.41) is 32.0. The van der Waals surface area contributed by atoms with E-state index in [-0.39, 0.29) is 55.4 Å². The maximum Gasteiger partial charge on any atom is 0.303 e. The molecule has 2 fully saturated rings. The molecule has 12 heteroatoms. The summed E-state index contributed by atoms with van der Waals surface area (Å²) in [4.78, 5) is 68.8. The average molecular weight is 700 g/mol. The highest BCUT2D eigenvalue weighted by Crippen LogP contribution is 2.34. The number of aliphatic hydroxyl groups is 1. The van der Waals surface area contributed by atoms with Crippen LogP contribution in [0.1, 0.15) is 136 Å². The third-order valence-electron chi connectivity index (χ3n) is 10.1. The van der Waals surface area contributed by atoms with E-state index >= 15 is 0 Å². The number of carboxylic acid groups (broad SMARTS) is 1. The van der Waals surface area contributed by atoms with Crippen LogP contribution in [-0.4, -0.2) is 69.0 Å². The Kier molecular flexibility index (Phi) is 17.1. The molecule has 0 aliphatic heterocycles. The minimum atomic E-state index is -1.16. The van der Waals surface area contributed by atoms with Crippen LogP contribution in [0, 0.1) is 23.7 Å². The fourth-order valence-electron chi connectivity index (χ4n) is 6.81. The van der Waals surface area contributed by atoms with Gasteiger partial charge < -0.3 is 31.5 Å². The quantitative estimate of drug-likeness (QED) is 0.102. The SMILES string of the molecule is CCC(C)C(NC(=O)CCCC(=O)O)C(=O)NC(CC1CC1)C(=O)N[C@@H](CC(C)C)[C@H](O)CC(=O)NC(CC1CCCCC1)c1ccccn1. The molecule has 2 aliphatic rings. The molecule has 1 aromatic heterocycles. The fraction of sp³-hybridized carbons (Fsp3) is 0.737. The van der Waals surface area contributed by atoms with Gasteiger partial charge in [0.2, 0.25) is 23.6 Å². The molecule has 0 saturated heterocycles. The van der Waals surface area contributed by atoms with Crippen LogP contribution >= 0.6 is 0 Å². The molecule has 0 bridgehead atoms. The lowest BCUT2D eigenvalue weighted by atomic mass is 9.84. The van der Waals surface area contributed by atoms with E-state index in [0.29, 0.717) is 25.2 Å². The molecule has 4 amide bonds. The highest BCUT2D eigenvalue weighted by atomic mass is 16.4. The maximum absolute atomic E-state index is 13.8. The molecule has 1 heterocycles. The van der Waals surface area contributed by atoms with Gasteiger partial charge in [-0.05, 0) is 61.5 Å². The number of hydrogen-bond donors (Lipinski definition) is 6. The first-order valence-electron chi connectivity index (χ1n) is 18.9. The van der Waals surface area contributed by atoms with Gasteiger partial charge in [-0.2, -0.15) is 0 Å². The first kappa shape index (κ1) is 40.9. The van der Waals surface area contributed by atoms with Crippen molar-refractivity contribution in [3.8, 4) is 0 Å². The van der Waals surface area contributed by atoms with Crippen LogP contribution in [0.15, 0.2) is 24.4 Å². The maximum atomic E-state index is 13.8. The van der Waals surface area contributed by atoms with Crippen molar-refractivity contribution in [2.45, 2.75) is 154 Å². The van der Waals surface area contributed by atoms with Crippen molar-refractivity contribution in [2.24, 2.45) is 23.7 Å². The van der Waals surface area contributed by atoms with Crippen molar-refractivity contribution in [1.82, 2.24) is 26.3 Å². The lowest BCUT2D eigenvalue weighted by Crippen LogP contribution is -2.57. The Morgan fingerprint density at radius 2 is 1.54 bits per heavy atom. The number of nitrogens with zero attached hydrogens (tertiary/aromatic N) is 1. The van der Waals surface area contributed by atoms with Crippen molar-refractivity contribution >= 4 is 29.6 Å². The Hall–Kier alpha value is -3.54. The number of pyridine rings is 1. The number of nitrogens with one attached hydrogen (secondary N) is 4. The van der Waals surface area contributed by atoms with E-state index in [0.717, 1.165) is 37.8 Å². The summed E-state index contributed by atoms with van der Waals surface area (Å²) in [6, 6.07) is 2.89. The molecule has 6 N–H and O–H groups in total. The molecule has 6 atom stereocenters. The van der Waals surface area contributed by atoms with Gasteiger partial charge in [-0.15, -0.1) is 0 Å². The van der Waals surface area contributed by atoms with Crippen LogP contribution in [0.4, 0.5) is 0 Å². The summed E-state index contributed by atoms with van der Waals surface area (Å²) < 4.78 is 0. The highest BCUT2D eigenvalue weighted by Gasteiger charge is 2.36. The van der Waals surface area contributed by atoms with Gasteiger partial charge in [0.05, 0.1) is 30.3 Å². The summed E-state index contributed by atoms with van der Waals surface area (Å²) in [5.41, 5.74) is 0.791. The molecule has 1 aromatic rings. The molecule has 4 unspecified atom stereocenters. The second-order valence-electron chi connectivity index (χ2n) is 15.0. The van der Waals surface area contributed by atoms with Crippen molar-refractivity contribution in [3.63, 3.8) is 0 Å². The van der Waals surface area contributed by atoms with Gasteiger partial charge >= 0.3 is 5.97 Å². The van der Waals surface area contributed by atoms with Crippen LogP contribution in [-0.2, 0) is 24.0 Å². The Morgan fingerprint density at radius 3 is 2.14 bits per heavy atom. The lowest BCUT2D eigenvalue weighted by Gasteiger charge is -2.30. The summed E-state index contributed by atoms with van der Waals surface area (Å²) >= 11 is 0. The summed E-state index contributed by atoms with van der Waals surface area (Å²) in [5.74, 6) is -1.99. The standard InChI is InChI=1S/C38H61N5O7/c1-5-25(4)36(43-33(45)15-11-16-35(47)48)38(50)42-31(22-27-17-18-27)37(49)41-30(20-24(2)3)32(44)23-34(46)40-29(28-14-9-10-19-39-28)21-26-12-7-6-8-13-26/h9-10,14,19,24-27,29-32,36,44H,5-8,11-13,15-18,20-23H2,1-4H3,(H,40,46)(H,41,49)(H,42,50)(H,43,45)(H,47,48)/t25?,29?,30-,31?,32+,36?/m0/s1. The van der Waals surface area contributed by atoms with Gasteiger partial charge in [0.15, 0.2) is 0 Å². The number of aliphatic carboxylic acids is 1. The Labute approximate surface area is 297 Å². The molecule has 3 rings (SSSR count). The number of hydrogen-bond acceptors (Lipinski definition) is 7. The highest BCUT2D eigenvalue weighted by molar-refractivity contribution is 5.92. The van der Waals surface area contributed by atoms with Gasteiger partial charge in [-0.3, -0.25) is 29.0 Å². The smallest absolute Gasteiger partial charge is 0.303 e. The summed E-state index contributed by atoms with van der Waals surface area (Å²) in [7, 11) is 0. The van der Waals surface area contributed by atoms with E-state index in [1.807, 2.05) is 45.9 Å². The molecule has 12 nitrogen and oxygen atoms in total. The zero-order valence-corrected chi connectivity index (χ0v) is 30.5. The predicted molar refractivity (Wildman–Crippen MR) is 190 cm³/mol. The second-order valence-corrected chi connectivity index (χ2v) is 15.0. The van der Waals surface area contributed by atoms with Crippen LogP contribution < -0.4 is 21.3 Å². The molecule has 0 radical (unpaired) electrons. The topological polar surface area (TPSA) is 187 Å². The van der Waals surface area contributed by atoms with Crippen molar-refractivity contribution in [2.75, 3.05) is 0 Å². The van der Waals surface area contributed by atoms with Crippen LogP contribution in [0.5, 0.6) is 0 Å².